The fourth-order valence-corrected chi connectivity index (χ4v) is 0.327. The lowest BCUT2D eigenvalue weighted by atomic mass is 10.3. The second-order valence-corrected chi connectivity index (χ2v) is 1.57. The molecular formula is C6H8N2O2. The molecule has 10 heavy (non-hydrogen) atoms. The molecule has 0 aliphatic carbocycles. The standard InChI is InChI=1S/C6H8N2O2/c1-5(4-7)6(10)8-2-3-9/h9H,1-3H2,(H,8,10). The average Bonchev–Trinajstić information content (AvgIpc) is 1.98. The van der Waals surface area contributed by atoms with E-state index in [0.29, 0.717) is 0 Å². The number of nitrogens with one attached hydrogen (secondary N) is 1. The Bertz CT molecular complexity index is 181. The molecule has 0 spiro atoms. The van der Waals surface area contributed by atoms with Crippen LogP contribution in [0.5, 0.6) is 0 Å². The lowest BCUT2D eigenvalue weighted by Crippen LogP contribution is -2.26. The van der Waals surface area contributed by atoms with E-state index in [2.05, 4.69) is 11.9 Å². The lowest BCUT2D eigenvalue weighted by molar-refractivity contribution is -0.117. The Kier molecular flexibility index (Phi) is 3.92. The summed E-state index contributed by atoms with van der Waals surface area (Å²) in [6.45, 7) is 3.19. The molecule has 0 saturated carbocycles. The quantitative estimate of drug-likeness (QED) is 0.397. The molecule has 2 N–H and O–H groups in total. The van der Waals surface area contributed by atoms with Gasteiger partial charge in [0.25, 0.3) is 5.91 Å². The molecule has 0 aliphatic rings. The van der Waals surface area contributed by atoms with Crippen LogP contribution in [0.15, 0.2) is 12.2 Å². The molecule has 0 atom stereocenters. The molecule has 0 aromatic heterocycles. The van der Waals surface area contributed by atoms with Crippen LogP contribution in [0.1, 0.15) is 0 Å². The first-order chi connectivity index (χ1) is 4.72. The van der Waals surface area contributed by atoms with Crippen LogP contribution >= 0.6 is 0 Å². The number of aliphatic hydroxyl groups excluding tert-OH is 1. The van der Waals surface area contributed by atoms with Crippen molar-refractivity contribution in [1.82, 2.24) is 5.32 Å². The molecule has 54 valence electrons. The van der Waals surface area contributed by atoms with Gasteiger partial charge < -0.3 is 10.4 Å². The summed E-state index contributed by atoms with van der Waals surface area (Å²) in [6.07, 6.45) is 0. The van der Waals surface area contributed by atoms with Gasteiger partial charge in [-0.2, -0.15) is 5.26 Å². The van der Waals surface area contributed by atoms with Crippen molar-refractivity contribution in [2.24, 2.45) is 0 Å². The minimum atomic E-state index is -0.531. The smallest absolute Gasteiger partial charge is 0.261 e. The van der Waals surface area contributed by atoms with Gasteiger partial charge in [-0.1, -0.05) is 6.58 Å². The molecule has 0 heterocycles. The molecule has 0 unspecified atom stereocenters. The van der Waals surface area contributed by atoms with Crippen LogP contribution in [0, 0.1) is 11.3 Å². The van der Waals surface area contributed by atoms with Gasteiger partial charge in [-0.25, -0.2) is 0 Å². The Balaban J connectivity index is 3.66. The SMILES string of the molecule is C=C(C#N)C(=O)NCCO. The van der Waals surface area contributed by atoms with Crippen LogP contribution in [0.25, 0.3) is 0 Å². The van der Waals surface area contributed by atoms with E-state index in [1.165, 1.54) is 0 Å². The number of amides is 1. The Morgan fingerprint density at radius 1 is 1.80 bits per heavy atom. The molecule has 0 aromatic carbocycles. The van der Waals surface area contributed by atoms with Crippen molar-refractivity contribution in [2.45, 2.75) is 0 Å². The summed E-state index contributed by atoms with van der Waals surface area (Å²) in [5.41, 5.74) is -0.145. The maximum atomic E-state index is 10.6. The van der Waals surface area contributed by atoms with Gasteiger partial charge in [-0.05, 0) is 0 Å². The van der Waals surface area contributed by atoms with E-state index in [4.69, 9.17) is 10.4 Å². The van der Waals surface area contributed by atoms with Crippen molar-refractivity contribution in [2.75, 3.05) is 13.2 Å². The first kappa shape index (κ1) is 8.66. The van der Waals surface area contributed by atoms with Gasteiger partial charge in [-0.3, -0.25) is 4.79 Å². The monoisotopic (exact) mass is 140 g/mol. The highest BCUT2D eigenvalue weighted by molar-refractivity contribution is 5.96. The average molecular weight is 140 g/mol. The highest BCUT2D eigenvalue weighted by atomic mass is 16.3. The van der Waals surface area contributed by atoms with Gasteiger partial charge in [0.15, 0.2) is 0 Å². The Labute approximate surface area is 58.8 Å². The van der Waals surface area contributed by atoms with Crippen LogP contribution in [0.2, 0.25) is 0 Å². The molecule has 0 aromatic rings. The summed E-state index contributed by atoms with van der Waals surface area (Å²) in [5.74, 6) is -0.531. The first-order valence-electron chi connectivity index (χ1n) is 2.70. The summed E-state index contributed by atoms with van der Waals surface area (Å²) in [6, 6.07) is 1.59. The van der Waals surface area contributed by atoms with Gasteiger partial charge in [0.1, 0.15) is 11.6 Å². The maximum absolute atomic E-state index is 10.6. The van der Waals surface area contributed by atoms with Gasteiger partial charge in [0.2, 0.25) is 0 Å². The number of aliphatic hydroxyl groups is 1. The van der Waals surface area contributed by atoms with E-state index < -0.39 is 5.91 Å². The minimum absolute atomic E-state index is 0.134. The Morgan fingerprint density at radius 3 is 2.80 bits per heavy atom. The van der Waals surface area contributed by atoms with Gasteiger partial charge in [0, 0.05) is 6.54 Å². The Hall–Kier alpha value is -1.34. The molecule has 1 amide bonds. The van der Waals surface area contributed by atoms with E-state index in [1.54, 1.807) is 6.07 Å². The van der Waals surface area contributed by atoms with E-state index in [1.807, 2.05) is 0 Å². The minimum Gasteiger partial charge on any atom is -0.395 e. The van der Waals surface area contributed by atoms with Crippen molar-refractivity contribution >= 4 is 5.91 Å². The number of nitrogens with zero attached hydrogens (tertiary/aromatic N) is 1. The molecule has 4 heteroatoms. The second kappa shape index (κ2) is 4.53. The number of rotatable bonds is 3. The Morgan fingerprint density at radius 2 is 2.40 bits per heavy atom. The number of carbonyl (C=O) groups is 1. The van der Waals surface area contributed by atoms with E-state index in [0.717, 1.165) is 0 Å². The molecular weight excluding hydrogens is 132 g/mol. The van der Waals surface area contributed by atoms with Gasteiger partial charge in [0.05, 0.1) is 6.61 Å². The topological polar surface area (TPSA) is 73.1 Å². The molecule has 0 fully saturated rings. The van der Waals surface area contributed by atoms with E-state index in [-0.39, 0.29) is 18.7 Å². The predicted molar refractivity (Wildman–Crippen MR) is 34.8 cm³/mol. The number of hydrogen-bond acceptors (Lipinski definition) is 3. The van der Waals surface area contributed by atoms with E-state index in [9.17, 15) is 4.79 Å². The third-order valence-corrected chi connectivity index (χ3v) is 0.806. The molecule has 4 nitrogen and oxygen atoms in total. The highest BCUT2D eigenvalue weighted by Crippen LogP contribution is 1.83. The molecule has 0 saturated heterocycles. The summed E-state index contributed by atoms with van der Waals surface area (Å²) in [5, 5.41) is 18.6. The molecule has 0 radical (unpaired) electrons. The van der Waals surface area contributed by atoms with E-state index >= 15 is 0 Å². The third kappa shape index (κ3) is 2.84. The summed E-state index contributed by atoms with van der Waals surface area (Å²) in [7, 11) is 0. The molecule has 0 bridgehead atoms. The number of nitriles is 1. The fraction of sp³-hybridized carbons (Fsp3) is 0.333. The number of carbonyl (C=O) groups excluding carboxylic acids is 1. The largest absolute Gasteiger partial charge is 0.395 e. The van der Waals surface area contributed by atoms with Crippen molar-refractivity contribution in [3.05, 3.63) is 12.2 Å². The molecule has 0 aliphatic heterocycles. The molecule has 0 rings (SSSR count). The van der Waals surface area contributed by atoms with Crippen LogP contribution < -0.4 is 5.32 Å². The van der Waals surface area contributed by atoms with Gasteiger partial charge in [-0.15, -0.1) is 0 Å². The van der Waals surface area contributed by atoms with Crippen molar-refractivity contribution in [3.8, 4) is 6.07 Å². The normalized spacial score (nSPS) is 8.00. The van der Waals surface area contributed by atoms with Crippen LogP contribution in [-0.4, -0.2) is 24.2 Å². The van der Waals surface area contributed by atoms with Crippen LogP contribution in [0.3, 0.4) is 0 Å². The van der Waals surface area contributed by atoms with Crippen LogP contribution in [-0.2, 0) is 4.79 Å². The summed E-state index contributed by atoms with van der Waals surface area (Å²) < 4.78 is 0. The fourth-order valence-electron chi connectivity index (χ4n) is 0.327. The maximum Gasteiger partial charge on any atom is 0.261 e. The summed E-state index contributed by atoms with van der Waals surface area (Å²) in [4.78, 5) is 10.6. The van der Waals surface area contributed by atoms with Crippen molar-refractivity contribution in [3.63, 3.8) is 0 Å². The zero-order valence-electron chi connectivity index (χ0n) is 5.42. The van der Waals surface area contributed by atoms with Gasteiger partial charge >= 0.3 is 0 Å². The van der Waals surface area contributed by atoms with Crippen molar-refractivity contribution < 1.29 is 9.90 Å². The van der Waals surface area contributed by atoms with Crippen LogP contribution in [0.4, 0.5) is 0 Å². The highest BCUT2D eigenvalue weighted by Gasteiger charge is 2.02. The first-order valence-corrected chi connectivity index (χ1v) is 2.70. The van der Waals surface area contributed by atoms with Crippen molar-refractivity contribution in [1.29, 1.82) is 5.26 Å². The third-order valence-electron chi connectivity index (χ3n) is 0.806. The predicted octanol–water partition coefficient (Wildman–Crippen LogP) is -0.825. The zero-order valence-corrected chi connectivity index (χ0v) is 5.42. The number of hydrogen-bond donors (Lipinski definition) is 2. The summed E-state index contributed by atoms with van der Waals surface area (Å²) >= 11 is 0. The second-order valence-electron chi connectivity index (χ2n) is 1.57. The zero-order chi connectivity index (χ0) is 7.98. The lowest BCUT2D eigenvalue weighted by Gasteiger charge is -1.97.